The fraction of sp³-hybridized carbons (Fsp3) is 0.429. The number of nitrogens with one attached hydrogen (secondary N) is 1. The Morgan fingerprint density at radius 2 is 2.22 bits per heavy atom. The monoisotopic (exact) mass is 244 g/mol. The van der Waals surface area contributed by atoms with Gasteiger partial charge in [-0.15, -0.1) is 0 Å². The van der Waals surface area contributed by atoms with Crippen LogP contribution in [0.15, 0.2) is 36.8 Å². The molecule has 0 aliphatic heterocycles. The van der Waals surface area contributed by atoms with Crippen LogP contribution >= 0.6 is 0 Å². The van der Waals surface area contributed by atoms with Gasteiger partial charge in [0.25, 0.3) is 0 Å². The van der Waals surface area contributed by atoms with Crippen molar-refractivity contribution < 1.29 is 0 Å². The van der Waals surface area contributed by atoms with Crippen molar-refractivity contribution in [1.29, 1.82) is 0 Å². The third kappa shape index (κ3) is 3.67. The van der Waals surface area contributed by atoms with E-state index in [0.717, 1.165) is 25.1 Å². The predicted octanol–water partition coefficient (Wildman–Crippen LogP) is 1.58. The van der Waals surface area contributed by atoms with Crippen LogP contribution in [0.3, 0.4) is 0 Å². The van der Waals surface area contributed by atoms with Crippen LogP contribution in [0.2, 0.25) is 0 Å². The quantitative estimate of drug-likeness (QED) is 0.839. The van der Waals surface area contributed by atoms with Crippen LogP contribution in [0.4, 0.5) is 0 Å². The zero-order valence-electron chi connectivity index (χ0n) is 11.0. The summed E-state index contributed by atoms with van der Waals surface area (Å²) in [6.07, 6.45) is 7.66. The van der Waals surface area contributed by atoms with Crippen molar-refractivity contribution in [1.82, 2.24) is 20.1 Å². The molecule has 2 aromatic heterocycles. The molecule has 0 bridgehead atoms. The van der Waals surface area contributed by atoms with Gasteiger partial charge in [0.15, 0.2) is 0 Å². The Hall–Kier alpha value is -1.68. The molecule has 0 radical (unpaired) electrons. The van der Waals surface area contributed by atoms with Crippen molar-refractivity contribution in [3.05, 3.63) is 48.0 Å². The normalized spacial score (nSPS) is 12.6. The highest BCUT2D eigenvalue weighted by atomic mass is 15.2. The van der Waals surface area contributed by atoms with Gasteiger partial charge >= 0.3 is 0 Å². The number of hydrogen-bond donors (Lipinski definition) is 1. The summed E-state index contributed by atoms with van der Waals surface area (Å²) in [5.74, 6) is 0. The van der Waals surface area contributed by atoms with Gasteiger partial charge in [-0.3, -0.25) is 9.67 Å². The molecule has 4 nitrogen and oxygen atoms in total. The van der Waals surface area contributed by atoms with Crippen molar-refractivity contribution in [2.24, 2.45) is 7.05 Å². The van der Waals surface area contributed by atoms with E-state index in [2.05, 4.69) is 34.5 Å². The smallest absolute Gasteiger partial charge is 0.0640 e. The van der Waals surface area contributed by atoms with Gasteiger partial charge in [0.2, 0.25) is 0 Å². The minimum absolute atomic E-state index is 0.411. The third-order valence-corrected chi connectivity index (χ3v) is 2.92. The molecule has 1 atom stereocenters. The first-order chi connectivity index (χ1) is 8.78. The second-order valence-electron chi connectivity index (χ2n) is 4.50. The van der Waals surface area contributed by atoms with Crippen LogP contribution in [0.25, 0.3) is 0 Å². The standard InChI is InChI=1S/C14H20N4/c1-3-16-14(9-12-5-4-7-15-11-12)10-13-6-8-18(2)17-13/h4-8,11,14,16H,3,9-10H2,1-2H3. The van der Waals surface area contributed by atoms with E-state index >= 15 is 0 Å². The number of aryl methyl sites for hydroxylation is 1. The highest BCUT2D eigenvalue weighted by molar-refractivity contribution is 5.12. The fourth-order valence-electron chi connectivity index (χ4n) is 2.13. The third-order valence-electron chi connectivity index (χ3n) is 2.92. The number of nitrogens with zero attached hydrogens (tertiary/aromatic N) is 3. The first-order valence-electron chi connectivity index (χ1n) is 6.38. The SMILES string of the molecule is CCNC(Cc1cccnc1)Cc1ccn(C)n1. The summed E-state index contributed by atoms with van der Waals surface area (Å²) in [4.78, 5) is 4.16. The maximum absolute atomic E-state index is 4.44. The molecule has 18 heavy (non-hydrogen) atoms. The Morgan fingerprint density at radius 3 is 2.83 bits per heavy atom. The maximum atomic E-state index is 4.44. The molecule has 0 fully saturated rings. The van der Waals surface area contributed by atoms with Crippen LogP contribution in [0.5, 0.6) is 0 Å². The second-order valence-corrected chi connectivity index (χ2v) is 4.50. The minimum atomic E-state index is 0.411. The molecule has 4 heteroatoms. The maximum Gasteiger partial charge on any atom is 0.0640 e. The molecule has 2 heterocycles. The molecule has 0 aliphatic carbocycles. The molecule has 96 valence electrons. The second kappa shape index (κ2) is 6.31. The summed E-state index contributed by atoms with van der Waals surface area (Å²) >= 11 is 0. The van der Waals surface area contributed by atoms with E-state index in [9.17, 15) is 0 Å². The van der Waals surface area contributed by atoms with Crippen molar-refractivity contribution in [2.75, 3.05) is 6.54 Å². The molecule has 2 aromatic rings. The van der Waals surface area contributed by atoms with E-state index in [1.54, 1.807) is 0 Å². The van der Waals surface area contributed by atoms with Gasteiger partial charge in [-0.05, 0) is 30.7 Å². The van der Waals surface area contributed by atoms with Crippen LogP contribution in [0.1, 0.15) is 18.2 Å². The zero-order chi connectivity index (χ0) is 12.8. The Bertz CT molecular complexity index is 464. The summed E-state index contributed by atoms with van der Waals surface area (Å²) in [5, 5.41) is 7.95. The Kier molecular flexibility index (Phi) is 4.47. The van der Waals surface area contributed by atoms with Gasteiger partial charge in [0, 0.05) is 38.1 Å². The average Bonchev–Trinajstić information content (AvgIpc) is 2.76. The van der Waals surface area contributed by atoms with Crippen LogP contribution in [0, 0.1) is 0 Å². The van der Waals surface area contributed by atoms with Crippen molar-refractivity contribution in [3.8, 4) is 0 Å². The molecule has 0 saturated carbocycles. The number of aromatic nitrogens is 3. The fourth-order valence-corrected chi connectivity index (χ4v) is 2.13. The summed E-state index contributed by atoms with van der Waals surface area (Å²) in [6.45, 7) is 3.10. The van der Waals surface area contributed by atoms with Gasteiger partial charge in [-0.1, -0.05) is 13.0 Å². The van der Waals surface area contributed by atoms with E-state index in [-0.39, 0.29) is 0 Å². The molecule has 0 amide bonds. The lowest BCUT2D eigenvalue weighted by Crippen LogP contribution is -2.33. The van der Waals surface area contributed by atoms with E-state index in [1.807, 2.05) is 36.4 Å². The largest absolute Gasteiger partial charge is 0.314 e. The predicted molar refractivity (Wildman–Crippen MR) is 72.3 cm³/mol. The molecular formula is C14H20N4. The van der Waals surface area contributed by atoms with E-state index in [1.165, 1.54) is 5.56 Å². The van der Waals surface area contributed by atoms with Gasteiger partial charge in [0.05, 0.1) is 5.69 Å². The molecule has 0 saturated heterocycles. The molecule has 1 N–H and O–H groups in total. The number of rotatable bonds is 6. The molecular weight excluding hydrogens is 224 g/mol. The summed E-state index contributed by atoms with van der Waals surface area (Å²) < 4.78 is 1.85. The van der Waals surface area contributed by atoms with Crippen molar-refractivity contribution in [3.63, 3.8) is 0 Å². The molecule has 0 aliphatic rings. The van der Waals surface area contributed by atoms with Gasteiger partial charge in [-0.25, -0.2) is 0 Å². The lowest BCUT2D eigenvalue weighted by Gasteiger charge is -2.16. The Balaban J connectivity index is 1.99. The van der Waals surface area contributed by atoms with E-state index < -0.39 is 0 Å². The van der Waals surface area contributed by atoms with Gasteiger partial charge in [-0.2, -0.15) is 5.10 Å². The van der Waals surface area contributed by atoms with Crippen LogP contribution in [-0.2, 0) is 19.9 Å². The molecule has 0 aromatic carbocycles. The van der Waals surface area contributed by atoms with Crippen LogP contribution < -0.4 is 5.32 Å². The minimum Gasteiger partial charge on any atom is -0.314 e. The van der Waals surface area contributed by atoms with Gasteiger partial charge < -0.3 is 5.32 Å². The molecule has 1 unspecified atom stereocenters. The van der Waals surface area contributed by atoms with Crippen molar-refractivity contribution in [2.45, 2.75) is 25.8 Å². The summed E-state index contributed by atoms with van der Waals surface area (Å²) in [6, 6.07) is 6.59. The number of likely N-dealkylation sites (N-methyl/N-ethyl adjacent to an activating group) is 1. The molecule has 2 rings (SSSR count). The first-order valence-corrected chi connectivity index (χ1v) is 6.38. The van der Waals surface area contributed by atoms with Gasteiger partial charge in [0.1, 0.15) is 0 Å². The lowest BCUT2D eigenvalue weighted by molar-refractivity contribution is 0.513. The molecule has 0 spiro atoms. The average molecular weight is 244 g/mol. The van der Waals surface area contributed by atoms with Crippen molar-refractivity contribution >= 4 is 0 Å². The van der Waals surface area contributed by atoms with E-state index in [4.69, 9.17) is 0 Å². The number of pyridine rings is 1. The highest BCUT2D eigenvalue weighted by Crippen LogP contribution is 2.07. The Morgan fingerprint density at radius 1 is 1.33 bits per heavy atom. The lowest BCUT2D eigenvalue weighted by atomic mass is 10.0. The summed E-state index contributed by atoms with van der Waals surface area (Å²) in [5.41, 5.74) is 2.40. The Labute approximate surface area is 108 Å². The first kappa shape index (κ1) is 12.8. The topological polar surface area (TPSA) is 42.7 Å². The highest BCUT2D eigenvalue weighted by Gasteiger charge is 2.11. The van der Waals surface area contributed by atoms with Crippen LogP contribution in [-0.4, -0.2) is 27.4 Å². The van der Waals surface area contributed by atoms with E-state index in [0.29, 0.717) is 6.04 Å². The summed E-state index contributed by atoms with van der Waals surface area (Å²) in [7, 11) is 1.95. The number of hydrogen-bond acceptors (Lipinski definition) is 3. The zero-order valence-corrected chi connectivity index (χ0v) is 11.0.